The second kappa shape index (κ2) is 4.52. The van der Waals surface area contributed by atoms with Gasteiger partial charge in [-0.15, -0.1) is 23.5 Å². The lowest BCUT2D eigenvalue weighted by Gasteiger charge is -2.01. The van der Waals surface area contributed by atoms with E-state index in [2.05, 4.69) is 0 Å². The number of aliphatic hydroxyl groups excluding tert-OH is 1. The molecule has 12 heavy (non-hydrogen) atoms. The quantitative estimate of drug-likeness (QED) is 0.763. The molecule has 0 aliphatic carbocycles. The summed E-state index contributed by atoms with van der Waals surface area (Å²) in [6, 6.07) is 3.49. The van der Waals surface area contributed by atoms with Crippen LogP contribution in [0.1, 0.15) is 5.76 Å². The van der Waals surface area contributed by atoms with E-state index in [1.807, 2.05) is 12.5 Å². The zero-order valence-corrected chi connectivity index (χ0v) is 8.54. The van der Waals surface area contributed by atoms with E-state index in [1.54, 1.807) is 18.4 Å². The van der Waals surface area contributed by atoms with Gasteiger partial charge >= 0.3 is 0 Å². The van der Waals surface area contributed by atoms with E-state index in [0.717, 1.165) is 4.24 Å². The van der Waals surface area contributed by atoms with Crippen LogP contribution in [0.2, 0.25) is 0 Å². The summed E-state index contributed by atoms with van der Waals surface area (Å²) < 4.78 is 5.91. The van der Waals surface area contributed by atoms with Crippen LogP contribution in [0.5, 0.6) is 0 Å². The predicted molar refractivity (Wildman–Crippen MR) is 55.3 cm³/mol. The SMILES string of the molecule is CSC(SC)=C(O)c1ccco1. The third-order valence-electron chi connectivity index (χ3n) is 1.32. The lowest BCUT2D eigenvalue weighted by molar-refractivity contribution is 0.459. The highest BCUT2D eigenvalue weighted by Crippen LogP contribution is 2.31. The second-order valence-electron chi connectivity index (χ2n) is 2.02. The van der Waals surface area contributed by atoms with E-state index < -0.39 is 0 Å². The van der Waals surface area contributed by atoms with Gasteiger partial charge in [0, 0.05) is 0 Å². The summed E-state index contributed by atoms with van der Waals surface area (Å²) in [6.07, 6.45) is 5.39. The third-order valence-corrected chi connectivity index (χ3v) is 3.45. The van der Waals surface area contributed by atoms with Crippen LogP contribution in [0.4, 0.5) is 0 Å². The first kappa shape index (κ1) is 9.61. The van der Waals surface area contributed by atoms with Crippen LogP contribution >= 0.6 is 23.5 Å². The van der Waals surface area contributed by atoms with Crippen molar-refractivity contribution in [3.8, 4) is 0 Å². The van der Waals surface area contributed by atoms with Crippen LogP contribution in [0.3, 0.4) is 0 Å². The molecule has 0 aliphatic heterocycles. The van der Waals surface area contributed by atoms with Gasteiger partial charge in [-0.1, -0.05) is 0 Å². The van der Waals surface area contributed by atoms with Crippen molar-refractivity contribution in [2.75, 3.05) is 12.5 Å². The first-order chi connectivity index (χ1) is 5.79. The van der Waals surface area contributed by atoms with Crippen molar-refractivity contribution < 1.29 is 9.52 Å². The zero-order valence-electron chi connectivity index (χ0n) is 6.90. The molecule has 0 aliphatic rings. The van der Waals surface area contributed by atoms with Crippen molar-refractivity contribution in [3.63, 3.8) is 0 Å². The van der Waals surface area contributed by atoms with E-state index in [1.165, 1.54) is 23.5 Å². The largest absolute Gasteiger partial charge is 0.503 e. The van der Waals surface area contributed by atoms with Gasteiger partial charge in [-0.05, 0) is 24.6 Å². The highest BCUT2D eigenvalue weighted by Gasteiger charge is 2.07. The van der Waals surface area contributed by atoms with Crippen molar-refractivity contribution in [1.29, 1.82) is 0 Å². The fourth-order valence-electron chi connectivity index (χ4n) is 0.791. The molecule has 0 amide bonds. The molecular weight excluding hydrogens is 192 g/mol. The Morgan fingerprint density at radius 3 is 2.50 bits per heavy atom. The van der Waals surface area contributed by atoms with Gasteiger partial charge in [0.15, 0.2) is 11.5 Å². The molecule has 0 spiro atoms. The Bertz CT molecular complexity index is 259. The molecule has 0 radical (unpaired) electrons. The summed E-state index contributed by atoms with van der Waals surface area (Å²) in [5, 5.41) is 9.61. The van der Waals surface area contributed by atoms with E-state index in [-0.39, 0.29) is 5.76 Å². The molecule has 0 saturated heterocycles. The Morgan fingerprint density at radius 2 is 2.08 bits per heavy atom. The van der Waals surface area contributed by atoms with E-state index in [4.69, 9.17) is 4.42 Å². The summed E-state index contributed by atoms with van der Waals surface area (Å²) in [4.78, 5) is 0. The number of aliphatic hydroxyl groups is 1. The molecule has 4 heteroatoms. The number of hydrogen-bond donors (Lipinski definition) is 1. The lowest BCUT2D eigenvalue weighted by Crippen LogP contribution is -1.81. The highest BCUT2D eigenvalue weighted by molar-refractivity contribution is 8.21. The standard InChI is InChI=1S/C8H10O2S2/c1-11-8(12-2)7(9)6-4-3-5-10-6/h3-5,9H,1-2H3. The maximum Gasteiger partial charge on any atom is 0.178 e. The Balaban J connectivity index is 2.94. The van der Waals surface area contributed by atoms with Gasteiger partial charge in [0.05, 0.1) is 10.5 Å². The van der Waals surface area contributed by atoms with Crippen LogP contribution < -0.4 is 0 Å². The fraction of sp³-hybridized carbons (Fsp3) is 0.250. The smallest absolute Gasteiger partial charge is 0.178 e. The summed E-state index contributed by atoms with van der Waals surface area (Å²) in [5.41, 5.74) is 0. The molecule has 0 fully saturated rings. The topological polar surface area (TPSA) is 33.4 Å². The van der Waals surface area contributed by atoms with Crippen LogP contribution in [0.15, 0.2) is 27.1 Å². The van der Waals surface area contributed by atoms with Gasteiger partial charge in [-0.25, -0.2) is 0 Å². The van der Waals surface area contributed by atoms with Gasteiger partial charge in [0.25, 0.3) is 0 Å². The zero-order chi connectivity index (χ0) is 8.97. The summed E-state index contributed by atoms with van der Waals surface area (Å²) >= 11 is 3.02. The first-order valence-corrected chi connectivity index (χ1v) is 5.79. The van der Waals surface area contributed by atoms with E-state index in [9.17, 15) is 5.11 Å². The number of hydrogen-bond acceptors (Lipinski definition) is 4. The molecule has 1 aromatic heterocycles. The Morgan fingerprint density at radius 1 is 1.42 bits per heavy atom. The number of thioether (sulfide) groups is 2. The normalized spacial score (nSPS) is 9.83. The van der Waals surface area contributed by atoms with Crippen molar-refractivity contribution in [2.24, 2.45) is 0 Å². The average molecular weight is 202 g/mol. The van der Waals surface area contributed by atoms with Crippen molar-refractivity contribution in [3.05, 3.63) is 28.4 Å². The van der Waals surface area contributed by atoms with Crippen LogP contribution in [-0.4, -0.2) is 17.6 Å². The second-order valence-corrected chi connectivity index (χ2v) is 3.91. The minimum absolute atomic E-state index is 0.222. The fourth-order valence-corrected chi connectivity index (χ4v) is 2.05. The Hall–Kier alpha value is -0.480. The van der Waals surface area contributed by atoms with E-state index in [0.29, 0.717) is 5.76 Å². The van der Waals surface area contributed by atoms with E-state index >= 15 is 0 Å². The molecule has 0 atom stereocenters. The first-order valence-electron chi connectivity index (χ1n) is 3.34. The van der Waals surface area contributed by atoms with Crippen molar-refractivity contribution in [2.45, 2.75) is 0 Å². The lowest BCUT2D eigenvalue weighted by atomic mass is 10.4. The summed E-state index contributed by atoms with van der Waals surface area (Å²) in [5.74, 6) is 0.744. The van der Waals surface area contributed by atoms with Crippen LogP contribution in [-0.2, 0) is 0 Å². The van der Waals surface area contributed by atoms with Crippen molar-refractivity contribution >= 4 is 29.3 Å². The van der Waals surface area contributed by atoms with Crippen molar-refractivity contribution in [1.82, 2.24) is 0 Å². The minimum Gasteiger partial charge on any atom is -0.503 e. The Labute approximate surface area is 80.0 Å². The molecule has 1 aromatic rings. The molecule has 0 aromatic carbocycles. The maximum absolute atomic E-state index is 9.61. The van der Waals surface area contributed by atoms with Crippen LogP contribution in [0.25, 0.3) is 5.76 Å². The van der Waals surface area contributed by atoms with Crippen LogP contribution in [0, 0.1) is 0 Å². The molecular formula is C8H10O2S2. The summed E-state index contributed by atoms with van der Waals surface area (Å²) in [7, 11) is 0. The number of rotatable bonds is 3. The molecule has 0 saturated carbocycles. The minimum atomic E-state index is 0.222. The monoisotopic (exact) mass is 202 g/mol. The van der Waals surface area contributed by atoms with Gasteiger partial charge in [0.1, 0.15) is 0 Å². The average Bonchev–Trinajstić information content (AvgIpc) is 2.58. The van der Waals surface area contributed by atoms with Gasteiger partial charge < -0.3 is 9.52 Å². The third kappa shape index (κ3) is 2.01. The maximum atomic E-state index is 9.61. The molecule has 2 nitrogen and oxygen atoms in total. The molecule has 66 valence electrons. The molecule has 0 bridgehead atoms. The van der Waals surface area contributed by atoms with Gasteiger partial charge in [-0.2, -0.15) is 0 Å². The van der Waals surface area contributed by atoms with Gasteiger partial charge in [-0.3, -0.25) is 0 Å². The Kier molecular flexibility index (Phi) is 3.62. The molecule has 1 N–H and O–H groups in total. The molecule has 1 rings (SSSR count). The molecule has 0 unspecified atom stereocenters. The van der Waals surface area contributed by atoms with Gasteiger partial charge in [0.2, 0.25) is 0 Å². The summed E-state index contributed by atoms with van der Waals surface area (Å²) in [6.45, 7) is 0. The predicted octanol–water partition coefficient (Wildman–Crippen LogP) is 3.19. The number of furan rings is 1. The molecule has 1 heterocycles. The highest BCUT2D eigenvalue weighted by atomic mass is 32.2.